The van der Waals surface area contributed by atoms with E-state index in [4.69, 9.17) is 5.11 Å². The van der Waals surface area contributed by atoms with Gasteiger partial charge in [-0.3, -0.25) is 4.79 Å². The molecule has 1 aliphatic heterocycles. The van der Waals surface area contributed by atoms with Gasteiger partial charge in [-0.2, -0.15) is 26.3 Å². The standard InChI is InChI=1S/C18H22F3NO3.C2H3F3O/c1-25-15(18(19,20)21)12-2-4-13(5-3-12)22-11-10-17(16(22)24)8-6-14(23)7-9-17;3-2(4,5)1-6/h2-5,14-15,23H,6-11H2,1H3;6H,1H2. The fraction of sp³-hybridized carbons (Fsp3) is 0.650. The fourth-order valence-corrected chi connectivity index (χ4v) is 3.97. The summed E-state index contributed by atoms with van der Waals surface area (Å²) in [6.07, 6.45) is -7.87. The van der Waals surface area contributed by atoms with E-state index in [1.54, 1.807) is 17.0 Å². The summed E-state index contributed by atoms with van der Waals surface area (Å²) >= 11 is 0. The average molecular weight is 457 g/mol. The predicted molar refractivity (Wildman–Crippen MR) is 99.3 cm³/mol. The van der Waals surface area contributed by atoms with Crippen LogP contribution in [0.3, 0.4) is 0 Å². The largest absolute Gasteiger partial charge is 0.418 e. The summed E-state index contributed by atoms with van der Waals surface area (Å²) in [5, 5.41) is 16.9. The average Bonchev–Trinajstić information content (AvgIpc) is 3.00. The van der Waals surface area contributed by atoms with E-state index < -0.39 is 30.5 Å². The first-order chi connectivity index (χ1) is 14.3. The molecule has 0 bridgehead atoms. The molecule has 5 nitrogen and oxygen atoms in total. The Hall–Kier alpha value is -1.85. The smallest absolute Gasteiger partial charge is 0.393 e. The van der Waals surface area contributed by atoms with E-state index in [1.165, 1.54) is 12.1 Å². The number of aliphatic hydroxyl groups is 2. The number of nitrogens with zero attached hydrogens (tertiary/aromatic N) is 1. The third-order valence-corrected chi connectivity index (χ3v) is 5.64. The first kappa shape index (κ1) is 25.4. The van der Waals surface area contributed by atoms with Gasteiger partial charge in [-0.15, -0.1) is 0 Å². The molecule has 1 aromatic rings. The van der Waals surface area contributed by atoms with E-state index >= 15 is 0 Å². The van der Waals surface area contributed by atoms with Gasteiger partial charge in [0.1, 0.15) is 6.61 Å². The maximum absolute atomic E-state index is 12.9. The van der Waals surface area contributed by atoms with Gasteiger partial charge in [0.05, 0.1) is 11.5 Å². The van der Waals surface area contributed by atoms with Crippen LogP contribution >= 0.6 is 0 Å². The van der Waals surface area contributed by atoms with Crippen LogP contribution in [0, 0.1) is 5.41 Å². The van der Waals surface area contributed by atoms with E-state index in [1.807, 2.05) is 0 Å². The van der Waals surface area contributed by atoms with Gasteiger partial charge in [0.2, 0.25) is 5.91 Å². The quantitative estimate of drug-likeness (QED) is 0.670. The van der Waals surface area contributed by atoms with Crippen molar-refractivity contribution in [2.24, 2.45) is 5.41 Å². The second kappa shape index (κ2) is 9.74. The molecule has 1 saturated carbocycles. The Labute approximate surface area is 175 Å². The van der Waals surface area contributed by atoms with Crippen LogP contribution < -0.4 is 4.90 Å². The first-order valence-corrected chi connectivity index (χ1v) is 9.70. The van der Waals surface area contributed by atoms with Crippen molar-refractivity contribution >= 4 is 11.6 Å². The van der Waals surface area contributed by atoms with Gasteiger partial charge in [0, 0.05) is 19.3 Å². The lowest BCUT2D eigenvalue weighted by atomic mass is 9.72. The lowest BCUT2D eigenvalue weighted by Gasteiger charge is -2.33. The SMILES string of the molecule is COC(c1ccc(N2CCC3(CCC(O)CC3)C2=O)cc1)C(F)(F)F.OCC(F)(F)F. The van der Waals surface area contributed by atoms with E-state index in [2.05, 4.69) is 4.74 Å². The highest BCUT2D eigenvalue weighted by molar-refractivity contribution is 6.00. The summed E-state index contributed by atoms with van der Waals surface area (Å²) in [5.41, 5.74) is 0.202. The number of alkyl halides is 6. The van der Waals surface area contributed by atoms with Gasteiger partial charge in [-0.25, -0.2) is 0 Å². The van der Waals surface area contributed by atoms with E-state index in [0.717, 1.165) is 13.5 Å². The van der Waals surface area contributed by atoms with Crippen molar-refractivity contribution < 1.29 is 46.1 Å². The molecular weight excluding hydrogens is 432 g/mol. The topological polar surface area (TPSA) is 70.0 Å². The molecular formula is C20H25F6NO4. The number of carbonyl (C=O) groups is 1. The summed E-state index contributed by atoms with van der Waals surface area (Å²) in [5.74, 6) is 0.0197. The van der Waals surface area contributed by atoms with Crippen molar-refractivity contribution in [2.75, 3.05) is 25.2 Å². The van der Waals surface area contributed by atoms with Gasteiger partial charge < -0.3 is 19.8 Å². The Morgan fingerprint density at radius 1 is 1.10 bits per heavy atom. The van der Waals surface area contributed by atoms with Gasteiger partial charge in [-0.05, 0) is 49.8 Å². The lowest BCUT2D eigenvalue weighted by molar-refractivity contribution is -0.215. The van der Waals surface area contributed by atoms with Gasteiger partial charge in [0.25, 0.3) is 0 Å². The molecule has 1 saturated heterocycles. The monoisotopic (exact) mass is 457 g/mol. The normalized spacial score (nSPS) is 25.4. The molecule has 1 aliphatic carbocycles. The first-order valence-electron chi connectivity index (χ1n) is 9.70. The van der Waals surface area contributed by atoms with Crippen molar-refractivity contribution in [2.45, 2.75) is 56.7 Å². The van der Waals surface area contributed by atoms with Crippen LogP contribution in [0.2, 0.25) is 0 Å². The van der Waals surface area contributed by atoms with E-state index in [0.29, 0.717) is 37.9 Å². The van der Waals surface area contributed by atoms with Gasteiger partial charge in [0.15, 0.2) is 6.10 Å². The summed E-state index contributed by atoms with van der Waals surface area (Å²) in [7, 11) is 1.03. The number of halogens is 6. The molecule has 176 valence electrons. The second-order valence-corrected chi connectivity index (χ2v) is 7.74. The van der Waals surface area contributed by atoms with Crippen LogP contribution in [0.1, 0.15) is 43.8 Å². The van der Waals surface area contributed by atoms with Crippen LogP contribution in [-0.2, 0) is 9.53 Å². The molecule has 3 rings (SSSR count). The van der Waals surface area contributed by atoms with Crippen LogP contribution in [-0.4, -0.2) is 54.8 Å². The molecule has 1 atom stereocenters. The van der Waals surface area contributed by atoms with Crippen LogP contribution in [0.25, 0.3) is 0 Å². The number of methoxy groups -OCH3 is 1. The third kappa shape index (κ3) is 6.33. The Bertz CT molecular complexity index is 727. The van der Waals surface area contributed by atoms with Crippen LogP contribution in [0.4, 0.5) is 32.0 Å². The molecule has 2 fully saturated rings. The summed E-state index contributed by atoms with van der Waals surface area (Å²) < 4.78 is 75.0. The number of ether oxygens (including phenoxy) is 1. The third-order valence-electron chi connectivity index (χ3n) is 5.64. The molecule has 1 aromatic carbocycles. The Balaban J connectivity index is 0.000000501. The minimum Gasteiger partial charge on any atom is -0.393 e. The highest BCUT2D eigenvalue weighted by Crippen LogP contribution is 2.46. The number of benzene rings is 1. The number of rotatable bonds is 3. The van der Waals surface area contributed by atoms with Crippen molar-refractivity contribution in [3.05, 3.63) is 29.8 Å². The van der Waals surface area contributed by atoms with Crippen molar-refractivity contribution in [1.82, 2.24) is 0 Å². The summed E-state index contributed by atoms with van der Waals surface area (Å²) in [6, 6.07) is 5.81. The predicted octanol–water partition coefficient (Wildman–Crippen LogP) is 4.14. The number of aliphatic hydroxyl groups excluding tert-OH is 2. The Kier molecular flexibility index (Phi) is 7.99. The number of carbonyl (C=O) groups excluding carboxylic acids is 1. The van der Waals surface area contributed by atoms with E-state index in [9.17, 15) is 36.2 Å². The zero-order valence-electron chi connectivity index (χ0n) is 16.8. The van der Waals surface area contributed by atoms with E-state index in [-0.39, 0.29) is 17.6 Å². The number of hydrogen-bond acceptors (Lipinski definition) is 4. The Morgan fingerprint density at radius 2 is 1.61 bits per heavy atom. The van der Waals surface area contributed by atoms with Crippen LogP contribution in [0.5, 0.6) is 0 Å². The van der Waals surface area contributed by atoms with Crippen molar-refractivity contribution in [3.63, 3.8) is 0 Å². The van der Waals surface area contributed by atoms with Crippen LogP contribution in [0.15, 0.2) is 24.3 Å². The zero-order chi connectivity index (χ0) is 23.4. The molecule has 2 aliphatic rings. The van der Waals surface area contributed by atoms with Gasteiger partial charge >= 0.3 is 12.4 Å². The molecule has 31 heavy (non-hydrogen) atoms. The van der Waals surface area contributed by atoms with Gasteiger partial charge in [-0.1, -0.05) is 12.1 Å². The number of amides is 1. The maximum atomic E-state index is 12.9. The summed E-state index contributed by atoms with van der Waals surface area (Å²) in [4.78, 5) is 14.5. The number of anilines is 1. The molecule has 11 heteroatoms. The fourth-order valence-electron chi connectivity index (χ4n) is 3.97. The molecule has 0 aromatic heterocycles. The second-order valence-electron chi connectivity index (χ2n) is 7.74. The lowest BCUT2D eigenvalue weighted by Crippen LogP contribution is -2.38. The van der Waals surface area contributed by atoms with Crippen molar-refractivity contribution in [3.8, 4) is 0 Å². The molecule has 1 spiro atoms. The molecule has 2 N–H and O–H groups in total. The maximum Gasteiger partial charge on any atom is 0.418 e. The molecule has 0 radical (unpaired) electrons. The summed E-state index contributed by atoms with van der Waals surface area (Å²) in [6.45, 7) is -1.17. The van der Waals surface area contributed by atoms with Crippen molar-refractivity contribution in [1.29, 1.82) is 0 Å². The molecule has 1 unspecified atom stereocenters. The zero-order valence-corrected chi connectivity index (χ0v) is 16.8. The molecule has 1 heterocycles. The minimum absolute atomic E-state index is 0.0147. The molecule has 1 amide bonds. The minimum atomic E-state index is -4.48. The highest BCUT2D eigenvalue weighted by atomic mass is 19.4. The Morgan fingerprint density at radius 3 is 2.03 bits per heavy atom. The number of hydrogen-bond donors (Lipinski definition) is 2. The highest BCUT2D eigenvalue weighted by Gasteiger charge is 2.48.